The Kier molecular flexibility index (Phi) is 6.80. The molecule has 0 saturated carbocycles. The normalized spacial score (nSPS) is 19.1. The predicted molar refractivity (Wildman–Crippen MR) is 105 cm³/mol. The number of halogens is 1. The average molecular weight is 380 g/mol. The molecule has 2 aliphatic rings. The first-order chi connectivity index (χ1) is 12.6. The lowest BCUT2D eigenvalue weighted by atomic mass is 10.2. The Bertz CT molecular complexity index is 626. The van der Waals surface area contributed by atoms with Crippen LogP contribution in [0.1, 0.15) is 25.7 Å². The lowest BCUT2D eigenvalue weighted by molar-refractivity contribution is -0.896. The van der Waals surface area contributed by atoms with Gasteiger partial charge in [-0.25, -0.2) is 4.39 Å². The van der Waals surface area contributed by atoms with E-state index >= 15 is 0 Å². The van der Waals surface area contributed by atoms with Crippen molar-refractivity contribution in [3.63, 3.8) is 0 Å². The third-order valence-electron chi connectivity index (χ3n) is 5.23. The summed E-state index contributed by atoms with van der Waals surface area (Å²) in [6, 6.07) is 6.54. The number of rotatable bonds is 3. The fraction of sp³-hybridized carbons (Fsp3) is 0.579. The van der Waals surface area contributed by atoms with Crippen LogP contribution in [0.4, 0.5) is 10.1 Å². The molecule has 0 aromatic heterocycles. The van der Waals surface area contributed by atoms with Crippen LogP contribution in [0.3, 0.4) is 0 Å². The Morgan fingerprint density at radius 2 is 1.69 bits per heavy atom. The van der Waals surface area contributed by atoms with Gasteiger partial charge in [-0.15, -0.1) is 0 Å². The Labute approximate surface area is 160 Å². The third-order valence-corrected chi connectivity index (χ3v) is 5.59. The Balaban J connectivity index is 1.44. The molecule has 0 spiro atoms. The van der Waals surface area contributed by atoms with Gasteiger partial charge < -0.3 is 20.0 Å². The minimum absolute atomic E-state index is 0.280. The number of benzene rings is 1. The van der Waals surface area contributed by atoms with Crippen molar-refractivity contribution in [3.05, 3.63) is 30.1 Å². The molecule has 2 saturated heterocycles. The third kappa shape index (κ3) is 5.14. The number of hydrogen-bond donors (Lipinski definition) is 2. The number of thiocarbonyl (C=S) groups is 1. The summed E-state index contributed by atoms with van der Waals surface area (Å²) in [6.07, 6.45) is 4.74. The van der Waals surface area contributed by atoms with Crippen LogP contribution < -0.4 is 10.2 Å². The maximum Gasteiger partial charge on any atom is 0.277 e. The zero-order valence-corrected chi connectivity index (χ0v) is 16.0. The highest BCUT2D eigenvalue weighted by Crippen LogP contribution is 2.13. The first-order valence-corrected chi connectivity index (χ1v) is 9.96. The number of nitrogens with zero attached hydrogens (tertiary/aromatic N) is 2. The molecule has 0 radical (unpaired) electrons. The monoisotopic (exact) mass is 379 g/mol. The standard InChI is InChI=1S/C19H27FN4OS/c20-16-7-3-4-8-17(16)21-19(26)24-13-11-22(12-14-24)15-18(25)23-9-5-1-2-6-10-23/h3-4,7-8H,1-2,5-6,9-15H2,(H,21,26)/p+1. The van der Waals surface area contributed by atoms with Crippen LogP contribution in [-0.4, -0.2) is 66.6 Å². The second-order valence-electron chi connectivity index (χ2n) is 7.12. The second-order valence-corrected chi connectivity index (χ2v) is 7.51. The minimum atomic E-state index is -0.304. The summed E-state index contributed by atoms with van der Waals surface area (Å²) in [4.78, 5) is 17.9. The van der Waals surface area contributed by atoms with Crippen LogP contribution in [0.5, 0.6) is 0 Å². The molecule has 0 bridgehead atoms. The van der Waals surface area contributed by atoms with Gasteiger partial charge in [0.25, 0.3) is 5.91 Å². The van der Waals surface area contributed by atoms with Crippen molar-refractivity contribution in [1.82, 2.24) is 9.80 Å². The molecule has 0 unspecified atom stereocenters. The van der Waals surface area contributed by atoms with Gasteiger partial charge in [0, 0.05) is 13.1 Å². The summed E-state index contributed by atoms with van der Waals surface area (Å²) in [7, 11) is 0. The van der Waals surface area contributed by atoms with E-state index in [4.69, 9.17) is 12.2 Å². The van der Waals surface area contributed by atoms with Gasteiger partial charge in [-0.1, -0.05) is 25.0 Å². The highest BCUT2D eigenvalue weighted by Gasteiger charge is 2.26. The fourth-order valence-electron chi connectivity index (χ4n) is 3.61. The zero-order chi connectivity index (χ0) is 18.4. The van der Waals surface area contributed by atoms with Crippen LogP contribution in [0.2, 0.25) is 0 Å². The highest BCUT2D eigenvalue weighted by atomic mass is 32.1. The molecule has 2 heterocycles. The van der Waals surface area contributed by atoms with Crippen LogP contribution in [-0.2, 0) is 4.79 Å². The Morgan fingerprint density at radius 1 is 1.04 bits per heavy atom. The SMILES string of the molecule is O=C(C[NH+]1CCN(C(=S)Nc2ccccc2F)CC1)N1CCCCCC1. The topological polar surface area (TPSA) is 40.0 Å². The molecule has 2 aliphatic heterocycles. The van der Waals surface area contributed by atoms with Gasteiger partial charge in [0.1, 0.15) is 5.82 Å². The predicted octanol–water partition coefficient (Wildman–Crippen LogP) is 1.13. The molecular weight excluding hydrogens is 351 g/mol. The molecule has 142 valence electrons. The molecule has 7 heteroatoms. The van der Waals surface area contributed by atoms with E-state index in [2.05, 4.69) is 10.2 Å². The molecule has 2 fully saturated rings. The number of amides is 1. The van der Waals surface area contributed by atoms with Gasteiger partial charge in [-0.2, -0.15) is 0 Å². The first kappa shape index (κ1) is 19.0. The van der Waals surface area contributed by atoms with Crippen molar-refractivity contribution >= 4 is 28.9 Å². The van der Waals surface area contributed by atoms with Gasteiger partial charge in [0.15, 0.2) is 11.7 Å². The Morgan fingerprint density at radius 3 is 2.35 bits per heavy atom. The van der Waals surface area contributed by atoms with Crippen molar-refractivity contribution in [2.75, 3.05) is 51.1 Å². The number of piperazine rings is 1. The molecule has 3 rings (SSSR count). The van der Waals surface area contributed by atoms with E-state index < -0.39 is 0 Å². The average Bonchev–Trinajstić information content (AvgIpc) is 2.94. The minimum Gasteiger partial charge on any atom is -0.338 e. The van der Waals surface area contributed by atoms with Crippen molar-refractivity contribution in [2.45, 2.75) is 25.7 Å². The number of quaternary nitrogens is 1. The molecule has 0 aliphatic carbocycles. The van der Waals surface area contributed by atoms with E-state index in [1.54, 1.807) is 18.2 Å². The van der Waals surface area contributed by atoms with Crippen LogP contribution in [0, 0.1) is 5.82 Å². The maximum atomic E-state index is 13.7. The van der Waals surface area contributed by atoms with E-state index in [1.807, 2.05) is 4.90 Å². The van der Waals surface area contributed by atoms with E-state index in [0.717, 1.165) is 52.1 Å². The van der Waals surface area contributed by atoms with E-state index in [9.17, 15) is 9.18 Å². The molecule has 26 heavy (non-hydrogen) atoms. The quantitative estimate of drug-likeness (QED) is 0.773. The lowest BCUT2D eigenvalue weighted by Crippen LogP contribution is -3.15. The number of likely N-dealkylation sites (tertiary alicyclic amines) is 1. The van der Waals surface area contributed by atoms with Crippen molar-refractivity contribution in [1.29, 1.82) is 0 Å². The lowest BCUT2D eigenvalue weighted by Gasteiger charge is -2.34. The van der Waals surface area contributed by atoms with E-state index in [0.29, 0.717) is 17.3 Å². The van der Waals surface area contributed by atoms with Crippen LogP contribution in [0.25, 0.3) is 0 Å². The molecule has 0 atom stereocenters. The van der Waals surface area contributed by atoms with E-state index in [-0.39, 0.29) is 11.7 Å². The Hall–Kier alpha value is -1.73. The summed E-state index contributed by atoms with van der Waals surface area (Å²) in [5.41, 5.74) is 0.406. The van der Waals surface area contributed by atoms with Gasteiger partial charge in [-0.05, 0) is 37.2 Å². The van der Waals surface area contributed by atoms with Crippen LogP contribution >= 0.6 is 12.2 Å². The highest BCUT2D eigenvalue weighted by molar-refractivity contribution is 7.80. The number of anilines is 1. The van der Waals surface area contributed by atoms with Gasteiger partial charge >= 0.3 is 0 Å². The summed E-state index contributed by atoms with van der Waals surface area (Å²) in [5.74, 6) is -0.0236. The van der Waals surface area contributed by atoms with E-state index in [1.165, 1.54) is 23.8 Å². The molecule has 5 nitrogen and oxygen atoms in total. The molecule has 2 N–H and O–H groups in total. The smallest absolute Gasteiger partial charge is 0.277 e. The number of carbonyl (C=O) groups is 1. The largest absolute Gasteiger partial charge is 0.338 e. The number of nitrogens with one attached hydrogen (secondary N) is 2. The van der Waals surface area contributed by atoms with Crippen LogP contribution in [0.15, 0.2) is 24.3 Å². The molecule has 1 aromatic rings. The van der Waals surface area contributed by atoms with Crippen molar-refractivity contribution < 1.29 is 14.1 Å². The summed E-state index contributed by atoms with van der Waals surface area (Å²) >= 11 is 5.42. The summed E-state index contributed by atoms with van der Waals surface area (Å²) in [6.45, 7) is 5.70. The van der Waals surface area contributed by atoms with Gasteiger partial charge in [0.05, 0.1) is 31.9 Å². The molecule has 1 aromatic carbocycles. The second kappa shape index (κ2) is 9.28. The van der Waals surface area contributed by atoms with Crippen molar-refractivity contribution in [3.8, 4) is 0 Å². The first-order valence-electron chi connectivity index (χ1n) is 9.55. The van der Waals surface area contributed by atoms with Gasteiger partial charge in [0.2, 0.25) is 0 Å². The number of para-hydroxylation sites is 1. The molecular formula is C19H28FN4OS+. The number of carbonyl (C=O) groups excluding carboxylic acids is 1. The maximum absolute atomic E-state index is 13.7. The summed E-state index contributed by atoms with van der Waals surface area (Å²) in [5, 5.41) is 3.54. The zero-order valence-electron chi connectivity index (χ0n) is 15.2. The van der Waals surface area contributed by atoms with Crippen molar-refractivity contribution in [2.24, 2.45) is 0 Å². The van der Waals surface area contributed by atoms with Gasteiger partial charge in [-0.3, -0.25) is 4.79 Å². The molecule has 1 amide bonds. The summed E-state index contributed by atoms with van der Waals surface area (Å²) < 4.78 is 13.7. The fourth-order valence-corrected chi connectivity index (χ4v) is 3.90. The number of hydrogen-bond acceptors (Lipinski definition) is 2.